The standard InChI is InChI=1S/C29H33O10P/c1-20(30)38-28-26(33)27(35-17-21-11-5-2-6-12-21)24(31)25(32)29(28)39-40(34,36-18-22-13-7-3-8-14-22)37-19-23-15-9-4-10-16-23/h2-16,24-29,31-33H,17-19H2,1H3/t24-,25-,26-,27+,28-,29+/m0/s1. The molecule has 1 fully saturated rings. The monoisotopic (exact) mass is 572 g/mol. The van der Waals surface area contributed by atoms with Gasteiger partial charge in [-0.2, -0.15) is 0 Å². The molecule has 0 aromatic heterocycles. The van der Waals surface area contributed by atoms with Gasteiger partial charge in [-0.3, -0.25) is 18.4 Å². The van der Waals surface area contributed by atoms with Crippen LogP contribution in [-0.4, -0.2) is 57.9 Å². The number of aliphatic hydroxyl groups is 3. The third kappa shape index (κ3) is 8.06. The first-order chi connectivity index (χ1) is 19.3. The Balaban J connectivity index is 1.55. The van der Waals surface area contributed by atoms with Gasteiger partial charge in [0.05, 0.1) is 19.8 Å². The van der Waals surface area contributed by atoms with Gasteiger partial charge in [0, 0.05) is 6.92 Å². The Morgan fingerprint density at radius 3 is 1.52 bits per heavy atom. The van der Waals surface area contributed by atoms with Crippen LogP contribution in [0, 0.1) is 0 Å². The van der Waals surface area contributed by atoms with Gasteiger partial charge in [0.15, 0.2) is 6.10 Å². The van der Waals surface area contributed by atoms with Gasteiger partial charge < -0.3 is 24.8 Å². The summed E-state index contributed by atoms with van der Waals surface area (Å²) in [6.45, 7) is 0.783. The number of aliphatic hydroxyl groups excluding tert-OH is 3. The molecule has 3 aromatic rings. The number of esters is 1. The lowest BCUT2D eigenvalue weighted by atomic mass is 9.84. The van der Waals surface area contributed by atoms with Gasteiger partial charge in [0.1, 0.15) is 30.5 Å². The van der Waals surface area contributed by atoms with Crippen molar-refractivity contribution in [3.63, 3.8) is 0 Å². The lowest BCUT2D eigenvalue weighted by Crippen LogP contribution is -2.65. The average molecular weight is 573 g/mol. The normalized spacial score (nSPS) is 24.9. The number of benzene rings is 3. The molecule has 0 heterocycles. The van der Waals surface area contributed by atoms with E-state index in [0.29, 0.717) is 11.1 Å². The van der Waals surface area contributed by atoms with E-state index in [2.05, 4.69) is 0 Å². The van der Waals surface area contributed by atoms with Crippen LogP contribution in [0.15, 0.2) is 91.0 Å². The highest BCUT2D eigenvalue weighted by Crippen LogP contribution is 2.54. The minimum Gasteiger partial charge on any atom is -0.457 e. The fourth-order valence-electron chi connectivity index (χ4n) is 4.28. The minimum atomic E-state index is -4.49. The molecule has 3 N–H and O–H groups in total. The summed E-state index contributed by atoms with van der Waals surface area (Å²) < 4.78 is 41.8. The lowest BCUT2D eigenvalue weighted by molar-refractivity contribution is -0.242. The quantitative estimate of drug-likeness (QED) is 0.218. The zero-order chi connectivity index (χ0) is 28.5. The number of phosphoric ester groups is 1. The zero-order valence-corrected chi connectivity index (χ0v) is 22.8. The minimum absolute atomic E-state index is 0.00350. The predicted molar refractivity (Wildman–Crippen MR) is 144 cm³/mol. The van der Waals surface area contributed by atoms with Crippen molar-refractivity contribution in [2.45, 2.75) is 63.4 Å². The smallest absolute Gasteiger partial charge is 0.457 e. The van der Waals surface area contributed by atoms with Crippen molar-refractivity contribution < 1.29 is 47.7 Å². The summed E-state index contributed by atoms with van der Waals surface area (Å²) in [7, 11) is -4.49. The summed E-state index contributed by atoms with van der Waals surface area (Å²) in [6.07, 6.45) is -9.72. The zero-order valence-electron chi connectivity index (χ0n) is 21.9. The highest BCUT2D eigenvalue weighted by molar-refractivity contribution is 7.48. The van der Waals surface area contributed by atoms with Crippen LogP contribution in [0.4, 0.5) is 0 Å². The van der Waals surface area contributed by atoms with E-state index in [1.807, 2.05) is 18.2 Å². The van der Waals surface area contributed by atoms with Crippen molar-refractivity contribution in [3.05, 3.63) is 108 Å². The second kappa shape index (κ2) is 14.1. The summed E-state index contributed by atoms with van der Waals surface area (Å²) in [5, 5.41) is 33.0. The maximum absolute atomic E-state index is 13.9. The topological polar surface area (TPSA) is 141 Å². The Labute approximate surface area is 232 Å². The molecule has 0 radical (unpaired) electrons. The van der Waals surface area contributed by atoms with Gasteiger partial charge in [0.25, 0.3) is 0 Å². The van der Waals surface area contributed by atoms with Gasteiger partial charge in [-0.25, -0.2) is 4.57 Å². The van der Waals surface area contributed by atoms with E-state index in [9.17, 15) is 24.7 Å². The van der Waals surface area contributed by atoms with Gasteiger partial charge in [0.2, 0.25) is 0 Å². The first-order valence-electron chi connectivity index (χ1n) is 12.8. The first-order valence-corrected chi connectivity index (χ1v) is 14.2. The van der Waals surface area contributed by atoms with E-state index in [1.165, 1.54) is 0 Å². The van der Waals surface area contributed by atoms with E-state index in [1.54, 1.807) is 72.8 Å². The number of hydrogen-bond acceptors (Lipinski definition) is 10. The number of ether oxygens (including phenoxy) is 2. The predicted octanol–water partition coefficient (Wildman–Crippen LogP) is 3.53. The molecule has 4 rings (SSSR count). The van der Waals surface area contributed by atoms with E-state index < -0.39 is 50.4 Å². The van der Waals surface area contributed by atoms with Crippen LogP contribution in [0.1, 0.15) is 23.6 Å². The molecule has 3 aromatic carbocycles. The molecule has 0 bridgehead atoms. The maximum Gasteiger partial charge on any atom is 0.475 e. The van der Waals surface area contributed by atoms with E-state index in [4.69, 9.17) is 23.0 Å². The van der Waals surface area contributed by atoms with Crippen molar-refractivity contribution in [1.82, 2.24) is 0 Å². The Bertz CT molecular complexity index is 1200. The highest BCUT2D eigenvalue weighted by Gasteiger charge is 2.55. The summed E-state index contributed by atoms with van der Waals surface area (Å²) >= 11 is 0. The van der Waals surface area contributed by atoms with Crippen molar-refractivity contribution in [2.75, 3.05) is 0 Å². The third-order valence-electron chi connectivity index (χ3n) is 6.32. The molecule has 214 valence electrons. The van der Waals surface area contributed by atoms with Gasteiger partial charge in [-0.1, -0.05) is 91.0 Å². The van der Waals surface area contributed by atoms with Crippen LogP contribution >= 0.6 is 7.82 Å². The molecule has 0 unspecified atom stereocenters. The van der Waals surface area contributed by atoms with Crippen molar-refractivity contribution in [1.29, 1.82) is 0 Å². The maximum atomic E-state index is 13.9. The van der Waals surface area contributed by atoms with Gasteiger partial charge in [-0.15, -0.1) is 0 Å². The molecule has 0 amide bonds. The average Bonchev–Trinajstić information content (AvgIpc) is 2.97. The van der Waals surface area contributed by atoms with Gasteiger partial charge in [-0.05, 0) is 16.7 Å². The molecule has 1 aliphatic carbocycles. The Morgan fingerprint density at radius 2 is 1.07 bits per heavy atom. The number of carbonyl (C=O) groups excluding carboxylic acids is 1. The highest BCUT2D eigenvalue weighted by atomic mass is 31.2. The second-order valence-corrected chi connectivity index (χ2v) is 11.0. The van der Waals surface area contributed by atoms with Crippen molar-refractivity contribution in [2.24, 2.45) is 0 Å². The molecule has 11 heteroatoms. The summed E-state index contributed by atoms with van der Waals surface area (Å²) in [4.78, 5) is 12.0. The molecule has 0 aliphatic heterocycles. The van der Waals surface area contributed by atoms with Crippen molar-refractivity contribution in [3.8, 4) is 0 Å². The summed E-state index contributed by atoms with van der Waals surface area (Å²) in [5.74, 6) is -0.798. The molecule has 40 heavy (non-hydrogen) atoms. The lowest BCUT2D eigenvalue weighted by Gasteiger charge is -2.44. The van der Waals surface area contributed by atoms with Gasteiger partial charge >= 0.3 is 13.8 Å². The largest absolute Gasteiger partial charge is 0.475 e. The Kier molecular flexibility index (Phi) is 10.6. The number of phosphoric acid groups is 1. The van der Waals surface area contributed by atoms with E-state index in [-0.39, 0.29) is 19.8 Å². The fourth-order valence-corrected chi connectivity index (χ4v) is 5.64. The molecule has 0 saturated heterocycles. The molecule has 1 saturated carbocycles. The SMILES string of the molecule is CC(=O)O[C@H]1[C@@H](O)[C@H](OCc2ccccc2)[C@@H](O)[C@H](O)[C@H]1OP(=O)(OCc1ccccc1)OCc1ccccc1. The van der Waals surface area contributed by atoms with Crippen LogP contribution in [0.2, 0.25) is 0 Å². The molecule has 10 nitrogen and oxygen atoms in total. The van der Waals surface area contributed by atoms with E-state index in [0.717, 1.165) is 12.5 Å². The molecule has 1 aliphatic rings. The van der Waals surface area contributed by atoms with Crippen LogP contribution in [0.5, 0.6) is 0 Å². The van der Waals surface area contributed by atoms with E-state index >= 15 is 0 Å². The molecular formula is C29H33O10P. The number of carbonyl (C=O) groups is 1. The van der Waals surface area contributed by atoms with Crippen molar-refractivity contribution >= 4 is 13.8 Å². The first kappa shape index (κ1) is 30.0. The Hall–Kier alpha value is -2.92. The van der Waals surface area contributed by atoms with Crippen LogP contribution in [-0.2, 0) is 52.2 Å². The van der Waals surface area contributed by atoms with Crippen LogP contribution in [0.3, 0.4) is 0 Å². The molecule has 0 spiro atoms. The van der Waals surface area contributed by atoms with Crippen LogP contribution < -0.4 is 0 Å². The number of hydrogen-bond donors (Lipinski definition) is 3. The second-order valence-electron chi connectivity index (χ2n) is 9.34. The molecule has 6 atom stereocenters. The summed E-state index contributed by atoms with van der Waals surface area (Å²) in [5.41, 5.74) is 2.10. The van der Waals surface area contributed by atoms with Crippen LogP contribution in [0.25, 0.3) is 0 Å². The summed E-state index contributed by atoms with van der Waals surface area (Å²) in [6, 6.07) is 26.7. The fraction of sp³-hybridized carbons (Fsp3) is 0.345. The number of rotatable bonds is 12. The Morgan fingerprint density at radius 1 is 0.650 bits per heavy atom. The third-order valence-corrected chi connectivity index (χ3v) is 7.71. The molecular weight excluding hydrogens is 539 g/mol.